The normalized spacial score (nSPS) is 10.8. The van der Waals surface area contributed by atoms with Gasteiger partial charge < -0.3 is 4.74 Å². The molecule has 2 aromatic rings. The molecule has 0 aliphatic carbocycles. The molecule has 0 aliphatic rings. The Bertz CT molecular complexity index is 462. The van der Waals surface area contributed by atoms with Crippen LogP contribution < -0.4 is 4.74 Å². The van der Waals surface area contributed by atoms with Gasteiger partial charge in [-0.15, -0.1) is 11.3 Å². The molecule has 1 nitrogen and oxygen atoms in total. The molecule has 3 heteroatoms. The van der Waals surface area contributed by atoms with Crippen LogP contribution in [0.2, 0.25) is 0 Å². The maximum Gasteiger partial charge on any atom is 0.151 e. The van der Waals surface area contributed by atoms with Crippen molar-refractivity contribution in [2.24, 2.45) is 0 Å². The van der Waals surface area contributed by atoms with Gasteiger partial charge in [0.05, 0.1) is 15.8 Å². The minimum atomic E-state index is 0.703. The molecule has 0 spiro atoms. The van der Waals surface area contributed by atoms with Crippen molar-refractivity contribution in [1.82, 2.24) is 0 Å². The lowest BCUT2D eigenvalue weighted by Gasteiger charge is -2.06. The topological polar surface area (TPSA) is 9.23 Å². The number of ether oxygens (including phenoxy) is 1. The van der Waals surface area contributed by atoms with Crippen molar-refractivity contribution in [2.45, 2.75) is 13.8 Å². The van der Waals surface area contributed by atoms with Gasteiger partial charge in [0.1, 0.15) is 0 Å². The molecule has 0 unspecified atom stereocenters. The summed E-state index contributed by atoms with van der Waals surface area (Å²) in [7, 11) is 0. The number of hydrogen-bond donors (Lipinski definition) is 0. The summed E-state index contributed by atoms with van der Waals surface area (Å²) in [6.45, 7) is 4.84. The van der Waals surface area contributed by atoms with Gasteiger partial charge in [-0.05, 0) is 52.2 Å². The van der Waals surface area contributed by atoms with E-state index < -0.39 is 0 Å². The van der Waals surface area contributed by atoms with Gasteiger partial charge in [-0.3, -0.25) is 0 Å². The molecule has 1 aromatic carbocycles. The van der Waals surface area contributed by atoms with E-state index in [1.807, 2.05) is 13.0 Å². The van der Waals surface area contributed by atoms with Crippen molar-refractivity contribution in [3.63, 3.8) is 0 Å². The van der Waals surface area contributed by atoms with Crippen LogP contribution >= 0.6 is 27.3 Å². The fourth-order valence-corrected chi connectivity index (χ4v) is 3.09. The van der Waals surface area contributed by atoms with Gasteiger partial charge in [-0.25, -0.2) is 0 Å². The number of benzene rings is 1. The standard InChI is InChI=1S/C11H11BrOS/c1-3-13-10-9(12)5-4-8-7(2)6-14-11(8)10/h4-6H,3H2,1-2H3. The Morgan fingerprint density at radius 2 is 2.21 bits per heavy atom. The van der Waals surface area contributed by atoms with E-state index in [1.165, 1.54) is 15.6 Å². The van der Waals surface area contributed by atoms with Crippen molar-refractivity contribution in [3.8, 4) is 5.75 Å². The van der Waals surface area contributed by atoms with Crippen LogP contribution in [-0.4, -0.2) is 6.61 Å². The molecular weight excluding hydrogens is 260 g/mol. The van der Waals surface area contributed by atoms with E-state index in [9.17, 15) is 0 Å². The van der Waals surface area contributed by atoms with E-state index in [0.29, 0.717) is 6.61 Å². The molecule has 0 atom stereocenters. The van der Waals surface area contributed by atoms with Crippen LogP contribution in [0.4, 0.5) is 0 Å². The fourth-order valence-electron chi connectivity index (χ4n) is 1.46. The van der Waals surface area contributed by atoms with Crippen molar-refractivity contribution in [3.05, 3.63) is 27.5 Å². The van der Waals surface area contributed by atoms with Crippen LogP contribution in [0, 0.1) is 6.92 Å². The minimum Gasteiger partial charge on any atom is -0.491 e. The van der Waals surface area contributed by atoms with Crippen molar-refractivity contribution in [1.29, 1.82) is 0 Å². The van der Waals surface area contributed by atoms with E-state index in [-0.39, 0.29) is 0 Å². The maximum atomic E-state index is 5.63. The molecule has 0 fully saturated rings. The summed E-state index contributed by atoms with van der Waals surface area (Å²) in [5, 5.41) is 3.46. The van der Waals surface area contributed by atoms with Gasteiger partial charge in [0.15, 0.2) is 5.75 Å². The highest BCUT2D eigenvalue weighted by molar-refractivity contribution is 9.10. The quantitative estimate of drug-likeness (QED) is 0.788. The first kappa shape index (κ1) is 9.99. The average molecular weight is 271 g/mol. The summed E-state index contributed by atoms with van der Waals surface area (Å²) < 4.78 is 7.90. The molecule has 0 bridgehead atoms. The van der Waals surface area contributed by atoms with Crippen LogP contribution in [0.1, 0.15) is 12.5 Å². The molecule has 2 rings (SSSR count). The number of thiophene rings is 1. The van der Waals surface area contributed by atoms with Crippen molar-refractivity contribution >= 4 is 37.4 Å². The summed E-state index contributed by atoms with van der Waals surface area (Å²) in [6, 6.07) is 4.18. The second-order valence-corrected chi connectivity index (χ2v) is 4.84. The number of halogens is 1. The zero-order chi connectivity index (χ0) is 10.1. The van der Waals surface area contributed by atoms with E-state index in [1.54, 1.807) is 11.3 Å². The monoisotopic (exact) mass is 270 g/mol. The number of aryl methyl sites for hydroxylation is 1. The molecular formula is C11H11BrOS. The first-order chi connectivity index (χ1) is 6.74. The van der Waals surface area contributed by atoms with E-state index in [0.717, 1.165) is 10.2 Å². The highest BCUT2D eigenvalue weighted by atomic mass is 79.9. The largest absolute Gasteiger partial charge is 0.491 e. The highest BCUT2D eigenvalue weighted by Gasteiger charge is 2.09. The maximum absolute atomic E-state index is 5.63. The van der Waals surface area contributed by atoms with Gasteiger partial charge >= 0.3 is 0 Å². The second-order valence-electron chi connectivity index (χ2n) is 3.10. The minimum absolute atomic E-state index is 0.703. The number of hydrogen-bond acceptors (Lipinski definition) is 2. The molecule has 0 radical (unpaired) electrons. The van der Waals surface area contributed by atoms with Gasteiger partial charge in [-0.2, -0.15) is 0 Å². The van der Waals surface area contributed by atoms with E-state index >= 15 is 0 Å². The highest BCUT2D eigenvalue weighted by Crippen LogP contribution is 2.38. The third-order valence-electron chi connectivity index (χ3n) is 2.13. The second kappa shape index (κ2) is 3.91. The Labute approximate surface area is 95.8 Å². The lowest BCUT2D eigenvalue weighted by atomic mass is 10.2. The summed E-state index contributed by atoms with van der Waals surface area (Å²) in [5.41, 5.74) is 1.32. The molecule has 14 heavy (non-hydrogen) atoms. The van der Waals surface area contributed by atoms with Crippen LogP contribution in [0.3, 0.4) is 0 Å². The molecule has 74 valence electrons. The molecule has 0 aliphatic heterocycles. The zero-order valence-corrected chi connectivity index (χ0v) is 10.5. The third-order valence-corrected chi connectivity index (χ3v) is 3.87. The average Bonchev–Trinajstić information content (AvgIpc) is 2.53. The van der Waals surface area contributed by atoms with E-state index in [2.05, 4.69) is 34.3 Å². The predicted molar refractivity (Wildman–Crippen MR) is 65.4 cm³/mol. The van der Waals surface area contributed by atoms with Crippen LogP contribution in [-0.2, 0) is 0 Å². The van der Waals surface area contributed by atoms with Crippen LogP contribution in [0.25, 0.3) is 10.1 Å². The van der Waals surface area contributed by atoms with Gasteiger partial charge in [0.25, 0.3) is 0 Å². The van der Waals surface area contributed by atoms with Crippen molar-refractivity contribution in [2.75, 3.05) is 6.61 Å². The van der Waals surface area contributed by atoms with Gasteiger partial charge in [0.2, 0.25) is 0 Å². The summed E-state index contributed by atoms with van der Waals surface area (Å²) in [4.78, 5) is 0. The molecule has 0 saturated heterocycles. The zero-order valence-electron chi connectivity index (χ0n) is 8.13. The summed E-state index contributed by atoms with van der Waals surface area (Å²) in [5.74, 6) is 0.975. The Morgan fingerprint density at radius 1 is 1.43 bits per heavy atom. The predicted octanol–water partition coefficient (Wildman–Crippen LogP) is 4.37. The Kier molecular flexibility index (Phi) is 2.79. The first-order valence-corrected chi connectivity index (χ1v) is 6.20. The Morgan fingerprint density at radius 3 is 2.93 bits per heavy atom. The first-order valence-electron chi connectivity index (χ1n) is 4.53. The van der Waals surface area contributed by atoms with Gasteiger partial charge in [0, 0.05) is 0 Å². The van der Waals surface area contributed by atoms with Crippen LogP contribution in [0.15, 0.2) is 22.0 Å². The lowest BCUT2D eigenvalue weighted by molar-refractivity contribution is 0.343. The number of fused-ring (bicyclic) bond motifs is 1. The summed E-state index contributed by atoms with van der Waals surface area (Å²) in [6.07, 6.45) is 0. The van der Waals surface area contributed by atoms with Gasteiger partial charge in [-0.1, -0.05) is 6.07 Å². The Balaban J connectivity index is 2.70. The SMILES string of the molecule is CCOc1c(Br)ccc2c(C)csc12. The smallest absolute Gasteiger partial charge is 0.151 e. The van der Waals surface area contributed by atoms with Crippen LogP contribution in [0.5, 0.6) is 5.75 Å². The van der Waals surface area contributed by atoms with E-state index in [4.69, 9.17) is 4.74 Å². The molecule has 0 saturated carbocycles. The fraction of sp³-hybridized carbons (Fsp3) is 0.273. The molecule has 0 N–H and O–H groups in total. The third kappa shape index (κ3) is 1.55. The van der Waals surface area contributed by atoms with Crippen molar-refractivity contribution < 1.29 is 4.74 Å². The lowest BCUT2D eigenvalue weighted by Crippen LogP contribution is -1.92. The molecule has 1 heterocycles. The number of rotatable bonds is 2. The Hall–Kier alpha value is -0.540. The molecule has 0 amide bonds. The molecule has 1 aromatic heterocycles. The summed E-state index contributed by atoms with van der Waals surface area (Å²) >= 11 is 5.25.